The molecule has 8 heteroatoms. The zero-order valence-electron chi connectivity index (χ0n) is 19.0. The van der Waals surface area contributed by atoms with Gasteiger partial charge in [-0.15, -0.1) is 0 Å². The second kappa shape index (κ2) is 11.3. The van der Waals surface area contributed by atoms with E-state index in [1.165, 1.54) is 0 Å². The van der Waals surface area contributed by atoms with Gasteiger partial charge < -0.3 is 24.6 Å². The van der Waals surface area contributed by atoms with E-state index in [2.05, 4.69) is 10.3 Å². The molecule has 0 saturated heterocycles. The molecule has 0 aliphatic heterocycles. The number of hydrogen-bond donors (Lipinski definition) is 2. The fourth-order valence-electron chi connectivity index (χ4n) is 2.76. The molecule has 2 aromatic rings. The van der Waals surface area contributed by atoms with Crippen LogP contribution in [0.1, 0.15) is 51.0 Å². The summed E-state index contributed by atoms with van der Waals surface area (Å²) in [4.78, 5) is 28.2. The smallest absolute Gasteiger partial charge is 0.306 e. The van der Waals surface area contributed by atoms with Crippen LogP contribution in [0.2, 0.25) is 0 Å². The molecule has 172 valence electrons. The second-order valence-electron chi connectivity index (χ2n) is 8.00. The van der Waals surface area contributed by atoms with E-state index in [1.54, 1.807) is 77.5 Å². The number of rotatable bonds is 9. The van der Waals surface area contributed by atoms with Crippen molar-refractivity contribution in [3.63, 3.8) is 0 Å². The number of carbonyl (C=O) groups is 2. The minimum atomic E-state index is -0.985. The lowest BCUT2D eigenvalue weighted by molar-refractivity contribution is -0.155. The van der Waals surface area contributed by atoms with Gasteiger partial charge in [-0.25, -0.2) is 4.98 Å². The summed E-state index contributed by atoms with van der Waals surface area (Å²) < 4.78 is 15.7. The number of ether oxygens (including phenoxy) is 3. The van der Waals surface area contributed by atoms with Gasteiger partial charge in [-0.1, -0.05) is 18.2 Å². The van der Waals surface area contributed by atoms with Gasteiger partial charge in [-0.05, 0) is 56.7 Å². The first-order chi connectivity index (χ1) is 15.1. The molecule has 0 aliphatic rings. The lowest BCUT2D eigenvalue weighted by atomic mass is 10.1. The Labute approximate surface area is 188 Å². The monoisotopic (exact) mass is 442 g/mol. The molecule has 0 saturated carbocycles. The number of methoxy groups -OCH3 is 2. The van der Waals surface area contributed by atoms with Gasteiger partial charge in [0.1, 0.15) is 17.5 Å². The van der Waals surface area contributed by atoms with Gasteiger partial charge in [0, 0.05) is 6.42 Å². The Morgan fingerprint density at radius 3 is 2.47 bits per heavy atom. The second-order valence-corrected chi connectivity index (χ2v) is 8.00. The number of aromatic nitrogens is 1. The highest BCUT2D eigenvalue weighted by Gasteiger charge is 2.17. The van der Waals surface area contributed by atoms with E-state index in [4.69, 9.17) is 14.2 Å². The van der Waals surface area contributed by atoms with Crippen LogP contribution in [0, 0.1) is 0 Å². The Kier molecular flexibility index (Phi) is 8.78. The van der Waals surface area contributed by atoms with Crippen LogP contribution >= 0.6 is 0 Å². The highest BCUT2D eigenvalue weighted by molar-refractivity contribution is 5.91. The summed E-state index contributed by atoms with van der Waals surface area (Å²) in [6.07, 6.45) is 2.28. The molecule has 0 radical (unpaired) electrons. The van der Waals surface area contributed by atoms with Crippen LogP contribution in [-0.4, -0.2) is 41.8 Å². The Morgan fingerprint density at radius 1 is 1.09 bits per heavy atom. The topological polar surface area (TPSA) is 107 Å². The van der Waals surface area contributed by atoms with Gasteiger partial charge in [0.15, 0.2) is 11.5 Å². The van der Waals surface area contributed by atoms with Gasteiger partial charge in [0.25, 0.3) is 0 Å². The summed E-state index contributed by atoms with van der Waals surface area (Å²) in [7, 11) is 3.11. The minimum Gasteiger partial charge on any atom is -0.493 e. The SMILES string of the molecule is COc1ccc(/C=C/[C@@H](O)c2cccc(NC(=O)CCC(=O)OC(C)(C)C)n2)cc1OC. The number of aliphatic hydroxyl groups excluding tert-OH is 1. The average Bonchev–Trinajstić information content (AvgIpc) is 2.74. The molecule has 1 aromatic carbocycles. The van der Waals surface area contributed by atoms with Crippen molar-refractivity contribution in [2.75, 3.05) is 19.5 Å². The molecular formula is C24H30N2O6. The maximum absolute atomic E-state index is 12.1. The van der Waals surface area contributed by atoms with Crippen molar-refractivity contribution in [2.45, 2.75) is 45.3 Å². The number of esters is 1. The van der Waals surface area contributed by atoms with E-state index >= 15 is 0 Å². The maximum Gasteiger partial charge on any atom is 0.306 e. The molecule has 8 nitrogen and oxygen atoms in total. The Hall–Kier alpha value is -3.39. The van der Waals surface area contributed by atoms with Gasteiger partial charge in [0.2, 0.25) is 5.91 Å². The molecule has 0 spiro atoms. The maximum atomic E-state index is 12.1. The number of nitrogens with one attached hydrogen (secondary N) is 1. The number of amides is 1. The molecule has 0 unspecified atom stereocenters. The minimum absolute atomic E-state index is 0.0252. The highest BCUT2D eigenvalue weighted by atomic mass is 16.6. The molecule has 1 atom stereocenters. The van der Waals surface area contributed by atoms with E-state index < -0.39 is 17.7 Å². The number of carbonyl (C=O) groups excluding carboxylic acids is 2. The highest BCUT2D eigenvalue weighted by Crippen LogP contribution is 2.28. The predicted molar refractivity (Wildman–Crippen MR) is 121 cm³/mol. The zero-order valence-corrected chi connectivity index (χ0v) is 19.0. The Balaban J connectivity index is 1.97. The molecule has 1 amide bonds. The van der Waals surface area contributed by atoms with E-state index in [-0.39, 0.29) is 24.6 Å². The third-order valence-electron chi connectivity index (χ3n) is 4.20. The molecule has 1 aromatic heterocycles. The standard InChI is InChI=1S/C24H30N2O6/c1-24(2,3)32-23(29)14-13-22(28)26-21-8-6-7-17(25-21)18(27)11-9-16-10-12-19(30-4)20(15-16)31-5/h6-12,15,18,27H,13-14H2,1-5H3,(H,25,26,28)/b11-9+/t18-/m1/s1. The number of aliphatic hydroxyl groups is 1. The molecule has 1 heterocycles. The lowest BCUT2D eigenvalue weighted by Gasteiger charge is -2.19. The van der Waals surface area contributed by atoms with Crippen LogP contribution in [0.5, 0.6) is 11.5 Å². The Morgan fingerprint density at radius 2 is 1.81 bits per heavy atom. The van der Waals surface area contributed by atoms with Crippen molar-refractivity contribution in [3.05, 3.63) is 53.7 Å². The van der Waals surface area contributed by atoms with E-state index in [0.717, 1.165) is 5.56 Å². The first kappa shape index (κ1) is 24.9. The molecule has 0 fully saturated rings. The summed E-state index contributed by atoms with van der Waals surface area (Å²) in [6.45, 7) is 5.31. The first-order valence-corrected chi connectivity index (χ1v) is 10.2. The van der Waals surface area contributed by atoms with Crippen LogP contribution in [0.25, 0.3) is 6.08 Å². The van der Waals surface area contributed by atoms with Crippen molar-refractivity contribution in [1.82, 2.24) is 4.98 Å². The fraction of sp³-hybridized carbons (Fsp3) is 0.375. The van der Waals surface area contributed by atoms with Crippen molar-refractivity contribution in [1.29, 1.82) is 0 Å². The van der Waals surface area contributed by atoms with Gasteiger partial charge in [0.05, 0.1) is 26.3 Å². The number of hydrogen-bond acceptors (Lipinski definition) is 7. The van der Waals surface area contributed by atoms with Crippen LogP contribution in [0.15, 0.2) is 42.5 Å². The average molecular weight is 443 g/mol. The van der Waals surface area contributed by atoms with Gasteiger partial charge in [-0.2, -0.15) is 0 Å². The van der Waals surface area contributed by atoms with Crippen molar-refractivity contribution >= 4 is 23.8 Å². The van der Waals surface area contributed by atoms with Crippen molar-refractivity contribution in [3.8, 4) is 11.5 Å². The summed E-state index contributed by atoms with van der Waals surface area (Å²) in [5.74, 6) is 0.677. The quantitative estimate of drug-likeness (QED) is 0.567. The van der Waals surface area contributed by atoms with Crippen LogP contribution in [0.3, 0.4) is 0 Å². The lowest BCUT2D eigenvalue weighted by Crippen LogP contribution is -2.24. The third-order valence-corrected chi connectivity index (χ3v) is 4.20. The molecule has 0 aliphatic carbocycles. The summed E-state index contributed by atoms with van der Waals surface area (Å²) in [5.41, 5.74) is 0.587. The normalized spacial score (nSPS) is 12.3. The van der Waals surface area contributed by atoms with Crippen LogP contribution in [0.4, 0.5) is 5.82 Å². The zero-order chi connectivity index (χ0) is 23.7. The van der Waals surface area contributed by atoms with Crippen LogP contribution in [-0.2, 0) is 14.3 Å². The predicted octanol–water partition coefficient (Wildman–Crippen LogP) is 3.91. The number of anilines is 1. The summed E-state index contributed by atoms with van der Waals surface area (Å²) in [6, 6.07) is 10.3. The van der Waals surface area contributed by atoms with Gasteiger partial charge in [-0.3, -0.25) is 9.59 Å². The van der Waals surface area contributed by atoms with Crippen LogP contribution < -0.4 is 14.8 Å². The molecule has 2 rings (SSSR count). The molecular weight excluding hydrogens is 412 g/mol. The number of nitrogens with zero attached hydrogens (tertiary/aromatic N) is 1. The van der Waals surface area contributed by atoms with Crippen molar-refractivity contribution in [2.24, 2.45) is 0 Å². The third kappa shape index (κ3) is 8.03. The number of benzene rings is 1. The largest absolute Gasteiger partial charge is 0.493 e. The molecule has 2 N–H and O–H groups in total. The summed E-state index contributed by atoms with van der Waals surface area (Å²) in [5, 5.41) is 13.1. The van der Waals surface area contributed by atoms with E-state index in [0.29, 0.717) is 17.2 Å². The first-order valence-electron chi connectivity index (χ1n) is 10.2. The van der Waals surface area contributed by atoms with E-state index in [1.807, 2.05) is 6.07 Å². The Bertz CT molecular complexity index is 965. The van der Waals surface area contributed by atoms with E-state index in [9.17, 15) is 14.7 Å². The van der Waals surface area contributed by atoms with Gasteiger partial charge >= 0.3 is 5.97 Å². The van der Waals surface area contributed by atoms with Crippen molar-refractivity contribution < 1.29 is 28.9 Å². The fourth-order valence-corrected chi connectivity index (χ4v) is 2.76. The molecule has 0 bridgehead atoms. The number of pyridine rings is 1. The summed E-state index contributed by atoms with van der Waals surface area (Å²) >= 11 is 0. The molecule has 32 heavy (non-hydrogen) atoms.